The van der Waals surface area contributed by atoms with E-state index in [9.17, 15) is 0 Å². The number of aromatic nitrogens is 7. The van der Waals surface area contributed by atoms with Gasteiger partial charge in [-0.15, -0.1) is 16.4 Å². The van der Waals surface area contributed by atoms with Crippen LogP contribution in [0.2, 0.25) is 5.02 Å². The van der Waals surface area contributed by atoms with E-state index in [1.54, 1.807) is 39.3 Å². The number of rotatable bonds is 2. The molecule has 0 spiro atoms. The summed E-state index contributed by atoms with van der Waals surface area (Å²) in [6.07, 6.45) is 5.08. The number of thiophene rings is 1. The molecule has 130 valence electrons. The van der Waals surface area contributed by atoms with Crippen molar-refractivity contribution in [3.63, 3.8) is 0 Å². The van der Waals surface area contributed by atoms with Crippen LogP contribution < -0.4 is 0 Å². The Labute approximate surface area is 157 Å². The summed E-state index contributed by atoms with van der Waals surface area (Å²) in [6.45, 7) is 6.09. The maximum absolute atomic E-state index is 5.98. The molecule has 0 saturated heterocycles. The molecule has 5 aromatic heterocycles. The molecule has 5 rings (SSSR count). The Morgan fingerprint density at radius 3 is 2.85 bits per heavy atom. The molecule has 0 saturated carbocycles. The zero-order chi connectivity index (χ0) is 18.0. The van der Waals surface area contributed by atoms with Crippen LogP contribution in [0.25, 0.3) is 26.1 Å². The van der Waals surface area contributed by atoms with E-state index in [0.717, 1.165) is 31.8 Å². The third kappa shape index (κ3) is 2.22. The van der Waals surface area contributed by atoms with E-state index >= 15 is 0 Å². The lowest BCUT2D eigenvalue weighted by molar-refractivity contribution is 0.536. The van der Waals surface area contributed by atoms with Crippen molar-refractivity contribution in [2.24, 2.45) is 0 Å². The van der Waals surface area contributed by atoms with E-state index in [0.29, 0.717) is 10.8 Å². The molecule has 0 aliphatic rings. The minimum Gasteiger partial charge on any atom is -0.261 e. The normalized spacial score (nSPS) is 13.2. The quantitative estimate of drug-likeness (QED) is 0.461. The number of hydrogen-bond donors (Lipinski definition) is 0. The second kappa shape index (κ2) is 5.46. The van der Waals surface area contributed by atoms with Gasteiger partial charge in [-0.2, -0.15) is 5.10 Å². The molecule has 0 radical (unpaired) electrons. The van der Waals surface area contributed by atoms with Gasteiger partial charge in [-0.05, 0) is 32.4 Å². The van der Waals surface area contributed by atoms with Crippen LogP contribution in [0.4, 0.5) is 0 Å². The van der Waals surface area contributed by atoms with Gasteiger partial charge in [0.15, 0.2) is 11.5 Å². The molecule has 1 atom stereocenters. The van der Waals surface area contributed by atoms with Crippen molar-refractivity contribution in [2.75, 3.05) is 0 Å². The Morgan fingerprint density at radius 1 is 1.23 bits per heavy atom. The highest BCUT2D eigenvalue weighted by molar-refractivity contribution is 7.26. The first-order valence-electron chi connectivity index (χ1n) is 8.12. The average molecular weight is 384 g/mol. The first-order valence-corrected chi connectivity index (χ1v) is 9.32. The number of aryl methyl sites for hydroxylation is 2. The summed E-state index contributed by atoms with van der Waals surface area (Å²) in [5.41, 5.74) is 3.89. The van der Waals surface area contributed by atoms with E-state index in [2.05, 4.69) is 33.2 Å². The number of pyridine rings is 1. The van der Waals surface area contributed by atoms with Crippen molar-refractivity contribution in [2.45, 2.75) is 26.8 Å². The molecule has 26 heavy (non-hydrogen) atoms. The predicted octanol–water partition coefficient (Wildman–Crippen LogP) is 3.96. The fourth-order valence-electron chi connectivity index (χ4n) is 3.21. The van der Waals surface area contributed by atoms with E-state index in [-0.39, 0.29) is 6.04 Å². The summed E-state index contributed by atoms with van der Waals surface area (Å²) in [6, 6.07) is 1.95. The smallest absolute Gasteiger partial charge is 0.176 e. The minimum absolute atomic E-state index is 0.131. The standard InChI is InChI=1S/C17H14ClN7S/c1-8-4-9(2)21-17-12(8)13-14(26-17)16-22-15(23-25(16)7-19-13)10(3)24-6-11(18)5-20-24/h4-7,10H,1-3H3. The minimum atomic E-state index is -0.131. The number of nitrogens with zero attached hydrogens (tertiary/aromatic N) is 7. The summed E-state index contributed by atoms with van der Waals surface area (Å²) in [5.74, 6) is 0.664. The topological polar surface area (TPSA) is 73.8 Å². The molecule has 0 aromatic carbocycles. The number of hydrogen-bond acceptors (Lipinski definition) is 6. The maximum atomic E-state index is 5.98. The van der Waals surface area contributed by atoms with Crippen molar-refractivity contribution >= 4 is 49.0 Å². The summed E-state index contributed by atoms with van der Waals surface area (Å²) < 4.78 is 4.46. The molecular formula is C17H14ClN7S. The van der Waals surface area contributed by atoms with E-state index in [1.807, 2.05) is 13.8 Å². The second-order valence-electron chi connectivity index (χ2n) is 6.34. The van der Waals surface area contributed by atoms with E-state index in [1.165, 1.54) is 5.56 Å². The van der Waals surface area contributed by atoms with Gasteiger partial charge in [-0.1, -0.05) is 11.6 Å². The van der Waals surface area contributed by atoms with Crippen molar-refractivity contribution in [1.29, 1.82) is 0 Å². The molecular weight excluding hydrogens is 370 g/mol. The highest BCUT2D eigenvalue weighted by Gasteiger charge is 2.19. The Balaban J connectivity index is 1.75. The van der Waals surface area contributed by atoms with Crippen LogP contribution in [0.3, 0.4) is 0 Å². The van der Waals surface area contributed by atoms with Gasteiger partial charge in [0.05, 0.1) is 16.7 Å². The summed E-state index contributed by atoms with van der Waals surface area (Å²) in [4.78, 5) is 15.0. The zero-order valence-electron chi connectivity index (χ0n) is 14.3. The lowest BCUT2D eigenvalue weighted by atomic mass is 10.1. The Bertz CT molecular complexity index is 1300. The third-order valence-corrected chi connectivity index (χ3v) is 5.71. The first-order chi connectivity index (χ1) is 12.5. The lowest BCUT2D eigenvalue weighted by Crippen LogP contribution is -2.09. The molecule has 9 heteroatoms. The molecule has 0 bridgehead atoms. The zero-order valence-corrected chi connectivity index (χ0v) is 15.9. The first kappa shape index (κ1) is 15.7. The molecule has 0 aliphatic heterocycles. The van der Waals surface area contributed by atoms with E-state index < -0.39 is 0 Å². The van der Waals surface area contributed by atoms with Crippen LogP contribution in [0.5, 0.6) is 0 Å². The van der Waals surface area contributed by atoms with Gasteiger partial charge in [-0.25, -0.2) is 19.5 Å². The molecule has 5 heterocycles. The third-order valence-electron chi connectivity index (χ3n) is 4.45. The van der Waals surface area contributed by atoms with Gasteiger partial charge >= 0.3 is 0 Å². The molecule has 0 fully saturated rings. The van der Waals surface area contributed by atoms with Crippen LogP contribution in [-0.4, -0.2) is 34.3 Å². The van der Waals surface area contributed by atoms with Crippen molar-refractivity contribution in [3.05, 3.63) is 46.9 Å². The molecule has 0 N–H and O–H groups in total. The predicted molar refractivity (Wildman–Crippen MR) is 102 cm³/mol. The number of halogens is 1. The molecule has 7 nitrogen and oxygen atoms in total. The summed E-state index contributed by atoms with van der Waals surface area (Å²) in [7, 11) is 0. The SMILES string of the molecule is Cc1cc(C)c2c(n1)sc1c2ncn2nc(C(C)n3cc(Cl)cn3)nc12. The Morgan fingerprint density at radius 2 is 2.08 bits per heavy atom. The van der Waals surface area contributed by atoms with Gasteiger partial charge in [0.1, 0.15) is 21.9 Å². The average Bonchev–Trinajstić information content (AvgIpc) is 3.28. The Hall–Kier alpha value is -2.58. The van der Waals surface area contributed by atoms with Gasteiger partial charge in [0.25, 0.3) is 0 Å². The van der Waals surface area contributed by atoms with Gasteiger partial charge in [-0.3, -0.25) is 4.68 Å². The van der Waals surface area contributed by atoms with Crippen LogP contribution in [0.1, 0.15) is 30.0 Å². The monoisotopic (exact) mass is 383 g/mol. The van der Waals surface area contributed by atoms with Gasteiger partial charge in [0.2, 0.25) is 0 Å². The largest absolute Gasteiger partial charge is 0.261 e. The second-order valence-corrected chi connectivity index (χ2v) is 7.77. The van der Waals surface area contributed by atoms with Crippen molar-refractivity contribution in [1.82, 2.24) is 34.3 Å². The lowest BCUT2D eigenvalue weighted by Gasteiger charge is -2.06. The van der Waals surface area contributed by atoms with Gasteiger partial charge in [0, 0.05) is 17.3 Å². The Kier molecular flexibility index (Phi) is 3.29. The highest BCUT2D eigenvalue weighted by atomic mass is 35.5. The fourth-order valence-corrected chi connectivity index (χ4v) is 4.58. The van der Waals surface area contributed by atoms with Crippen LogP contribution in [0.15, 0.2) is 24.8 Å². The fraction of sp³-hybridized carbons (Fsp3) is 0.235. The van der Waals surface area contributed by atoms with Crippen LogP contribution in [-0.2, 0) is 0 Å². The van der Waals surface area contributed by atoms with Crippen molar-refractivity contribution < 1.29 is 0 Å². The molecule has 0 aliphatic carbocycles. The summed E-state index contributed by atoms with van der Waals surface area (Å²) in [5, 5.41) is 10.5. The van der Waals surface area contributed by atoms with E-state index in [4.69, 9.17) is 16.6 Å². The van der Waals surface area contributed by atoms with Crippen LogP contribution >= 0.6 is 22.9 Å². The highest BCUT2D eigenvalue weighted by Crippen LogP contribution is 2.35. The van der Waals surface area contributed by atoms with Crippen LogP contribution in [0, 0.1) is 13.8 Å². The number of fused-ring (bicyclic) bond motifs is 5. The molecule has 5 aromatic rings. The van der Waals surface area contributed by atoms with Gasteiger partial charge < -0.3 is 0 Å². The summed E-state index contributed by atoms with van der Waals surface area (Å²) >= 11 is 7.58. The molecule has 0 amide bonds. The molecule has 1 unspecified atom stereocenters. The van der Waals surface area contributed by atoms with Crippen molar-refractivity contribution in [3.8, 4) is 0 Å². The maximum Gasteiger partial charge on any atom is 0.176 e.